The van der Waals surface area contributed by atoms with Crippen LogP contribution in [0.25, 0.3) is 0 Å². The van der Waals surface area contributed by atoms with Crippen LogP contribution in [0.1, 0.15) is 32.6 Å². The second-order valence-corrected chi connectivity index (χ2v) is 7.38. The molecule has 20 heavy (non-hydrogen) atoms. The molecule has 0 atom stereocenters. The molecule has 0 saturated heterocycles. The molecule has 5 nitrogen and oxygen atoms in total. The van der Waals surface area contributed by atoms with Crippen molar-refractivity contribution in [3.63, 3.8) is 0 Å². The lowest BCUT2D eigenvalue weighted by Crippen LogP contribution is -2.35. The molecule has 0 bridgehead atoms. The average molecular weight is 297 g/mol. The maximum absolute atomic E-state index is 11.7. The minimum Gasteiger partial charge on any atom is -0.398 e. The third-order valence-electron chi connectivity index (χ3n) is 4.40. The van der Waals surface area contributed by atoms with Crippen LogP contribution in [0.5, 0.6) is 0 Å². The molecule has 1 saturated carbocycles. The van der Waals surface area contributed by atoms with Crippen molar-refractivity contribution >= 4 is 21.4 Å². The number of nitrogens with one attached hydrogen (secondary N) is 2. The standard InChI is InChI=1S/C14H23N3O2S/c1-3-14(7-4-8-14)10-17-11-5-6-13(12(15)9-11)20(18,19)16-2/h5-6,9,16-17H,3-4,7-8,10,15H2,1-2H3. The molecule has 0 spiro atoms. The van der Waals surface area contributed by atoms with E-state index in [0.29, 0.717) is 5.41 Å². The Bertz CT molecular complexity index is 575. The Kier molecular flexibility index (Phi) is 4.25. The number of rotatable bonds is 6. The lowest BCUT2D eigenvalue weighted by atomic mass is 9.67. The van der Waals surface area contributed by atoms with Crippen LogP contribution in [0, 0.1) is 5.41 Å². The van der Waals surface area contributed by atoms with Crippen molar-refractivity contribution in [1.82, 2.24) is 4.72 Å². The highest BCUT2D eigenvalue weighted by atomic mass is 32.2. The Labute approximate surface area is 121 Å². The molecule has 0 unspecified atom stereocenters. The first kappa shape index (κ1) is 15.1. The highest BCUT2D eigenvalue weighted by molar-refractivity contribution is 7.89. The van der Waals surface area contributed by atoms with E-state index in [2.05, 4.69) is 17.0 Å². The molecule has 1 aromatic rings. The van der Waals surface area contributed by atoms with Gasteiger partial charge in [0.05, 0.1) is 5.69 Å². The summed E-state index contributed by atoms with van der Waals surface area (Å²) < 4.78 is 25.8. The summed E-state index contributed by atoms with van der Waals surface area (Å²) in [6.45, 7) is 3.14. The number of anilines is 2. The van der Waals surface area contributed by atoms with Crippen LogP contribution < -0.4 is 15.8 Å². The molecular weight excluding hydrogens is 274 g/mol. The van der Waals surface area contributed by atoms with Gasteiger partial charge < -0.3 is 11.1 Å². The molecule has 112 valence electrons. The van der Waals surface area contributed by atoms with E-state index >= 15 is 0 Å². The summed E-state index contributed by atoms with van der Waals surface area (Å²) in [7, 11) is -2.11. The van der Waals surface area contributed by atoms with Crippen molar-refractivity contribution < 1.29 is 8.42 Å². The summed E-state index contributed by atoms with van der Waals surface area (Å²) >= 11 is 0. The fourth-order valence-electron chi connectivity index (χ4n) is 2.63. The molecule has 0 radical (unpaired) electrons. The monoisotopic (exact) mass is 297 g/mol. The van der Waals surface area contributed by atoms with Gasteiger partial charge in [0.1, 0.15) is 4.90 Å². The van der Waals surface area contributed by atoms with Gasteiger partial charge in [0.2, 0.25) is 10.0 Å². The summed E-state index contributed by atoms with van der Waals surface area (Å²) in [4.78, 5) is 0.124. The van der Waals surface area contributed by atoms with Gasteiger partial charge in [-0.1, -0.05) is 13.3 Å². The topological polar surface area (TPSA) is 84.2 Å². The Morgan fingerprint density at radius 3 is 2.50 bits per heavy atom. The van der Waals surface area contributed by atoms with Gasteiger partial charge in [-0.15, -0.1) is 0 Å². The van der Waals surface area contributed by atoms with E-state index in [1.54, 1.807) is 18.2 Å². The molecule has 1 aromatic carbocycles. The number of hydrogen-bond donors (Lipinski definition) is 3. The van der Waals surface area contributed by atoms with Gasteiger partial charge >= 0.3 is 0 Å². The van der Waals surface area contributed by atoms with Gasteiger partial charge in [-0.25, -0.2) is 13.1 Å². The predicted octanol–water partition coefficient (Wildman–Crippen LogP) is 2.17. The Hall–Kier alpha value is -1.27. The molecule has 0 aliphatic heterocycles. The van der Waals surface area contributed by atoms with E-state index in [0.717, 1.165) is 12.2 Å². The van der Waals surface area contributed by atoms with Crippen molar-refractivity contribution in [2.24, 2.45) is 5.41 Å². The summed E-state index contributed by atoms with van der Waals surface area (Å²) in [5.74, 6) is 0. The van der Waals surface area contributed by atoms with Crippen LogP contribution in [-0.4, -0.2) is 22.0 Å². The fraction of sp³-hybridized carbons (Fsp3) is 0.571. The SMILES string of the molecule is CCC1(CNc2ccc(S(=O)(=O)NC)c(N)c2)CCC1. The third-order valence-corrected chi connectivity index (χ3v) is 5.89. The first-order valence-electron chi connectivity index (χ1n) is 6.99. The Balaban J connectivity index is 2.10. The van der Waals surface area contributed by atoms with Gasteiger partial charge in [-0.2, -0.15) is 0 Å². The van der Waals surface area contributed by atoms with E-state index in [1.807, 2.05) is 0 Å². The Morgan fingerprint density at radius 1 is 1.35 bits per heavy atom. The van der Waals surface area contributed by atoms with Crippen LogP contribution in [0.3, 0.4) is 0 Å². The van der Waals surface area contributed by atoms with E-state index in [1.165, 1.54) is 32.7 Å². The molecule has 1 fully saturated rings. The maximum Gasteiger partial charge on any atom is 0.242 e. The lowest BCUT2D eigenvalue weighted by molar-refractivity contribution is 0.145. The highest BCUT2D eigenvalue weighted by Crippen LogP contribution is 2.43. The molecule has 0 amide bonds. The second-order valence-electron chi connectivity index (χ2n) is 5.52. The van der Waals surface area contributed by atoms with Gasteiger partial charge in [-0.05, 0) is 49.9 Å². The molecule has 1 aliphatic rings. The summed E-state index contributed by atoms with van der Waals surface area (Å²) in [6.07, 6.45) is 5.00. The number of nitrogen functional groups attached to an aromatic ring is 1. The molecule has 6 heteroatoms. The van der Waals surface area contributed by atoms with Crippen molar-refractivity contribution in [2.75, 3.05) is 24.6 Å². The molecule has 4 N–H and O–H groups in total. The summed E-state index contributed by atoms with van der Waals surface area (Å²) in [5, 5.41) is 3.38. The molecular formula is C14H23N3O2S. The average Bonchev–Trinajstić information content (AvgIpc) is 2.38. The third kappa shape index (κ3) is 2.91. The van der Waals surface area contributed by atoms with Crippen LogP contribution in [0.15, 0.2) is 23.1 Å². The van der Waals surface area contributed by atoms with Gasteiger partial charge in [-0.3, -0.25) is 0 Å². The highest BCUT2D eigenvalue weighted by Gasteiger charge is 2.34. The molecule has 0 heterocycles. The van der Waals surface area contributed by atoms with Crippen molar-refractivity contribution in [2.45, 2.75) is 37.5 Å². The van der Waals surface area contributed by atoms with Crippen LogP contribution in [-0.2, 0) is 10.0 Å². The van der Waals surface area contributed by atoms with Crippen LogP contribution in [0.2, 0.25) is 0 Å². The minimum absolute atomic E-state index is 0.124. The van der Waals surface area contributed by atoms with E-state index < -0.39 is 10.0 Å². The number of hydrogen-bond acceptors (Lipinski definition) is 4. The van der Waals surface area contributed by atoms with Crippen molar-refractivity contribution in [3.8, 4) is 0 Å². The molecule has 1 aliphatic carbocycles. The zero-order chi connectivity index (χ0) is 14.8. The van der Waals surface area contributed by atoms with E-state index in [4.69, 9.17) is 5.73 Å². The van der Waals surface area contributed by atoms with Crippen LogP contribution >= 0.6 is 0 Å². The fourth-order valence-corrected chi connectivity index (χ4v) is 3.47. The zero-order valence-electron chi connectivity index (χ0n) is 12.1. The van der Waals surface area contributed by atoms with Gasteiger partial charge in [0.25, 0.3) is 0 Å². The van der Waals surface area contributed by atoms with Crippen molar-refractivity contribution in [3.05, 3.63) is 18.2 Å². The molecule has 0 aromatic heterocycles. The zero-order valence-corrected chi connectivity index (χ0v) is 12.9. The maximum atomic E-state index is 11.7. The largest absolute Gasteiger partial charge is 0.398 e. The van der Waals surface area contributed by atoms with Gasteiger partial charge in [0.15, 0.2) is 0 Å². The number of sulfonamides is 1. The molecule has 2 rings (SSSR count). The van der Waals surface area contributed by atoms with E-state index in [-0.39, 0.29) is 10.6 Å². The van der Waals surface area contributed by atoms with E-state index in [9.17, 15) is 8.42 Å². The normalized spacial score (nSPS) is 17.5. The smallest absolute Gasteiger partial charge is 0.242 e. The van der Waals surface area contributed by atoms with Crippen LogP contribution in [0.4, 0.5) is 11.4 Å². The lowest BCUT2D eigenvalue weighted by Gasteiger charge is -2.41. The first-order valence-corrected chi connectivity index (χ1v) is 8.48. The summed E-state index contributed by atoms with van der Waals surface area (Å²) in [5.41, 5.74) is 7.39. The number of nitrogens with two attached hydrogens (primary N) is 1. The summed E-state index contributed by atoms with van der Waals surface area (Å²) in [6, 6.07) is 5.00. The van der Waals surface area contributed by atoms with Gasteiger partial charge in [0, 0.05) is 12.2 Å². The second kappa shape index (κ2) is 5.61. The quantitative estimate of drug-likeness (QED) is 0.703. The first-order chi connectivity index (χ1) is 9.42. The predicted molar refractivity (Wildman–Crippen MR) is 82.2 cm³/mol. The number of benzene rings is 1. The van der Waals surface area contributed by atoms with Crippen molar-refractivity contribution in [1.29, 1.82) is 0 Å². The minimum atomic E-state index is -3.49. The Morgan fingerprint density at radius 2 is 2.05 bits per heavy atom.